The van der Waals surface area contributed by atoms with Crippen LogP contribution in [-0.4, -0.2) is 44.8 Å². The lowest BCUT2D eigenvalue weighted by Gasteiger charge is -2.62. The van der Waals surface area contributed by atoms with E-state index in [9.17, 15) is 20.4 Å². The molecule has 136 valence electrons. The SMILES string of the molecule is CC1=CC[C@H]2C[C@]1(O)[C@@]2(C)CO.CC1=CC[C@H]2C[C@]1(O)[C@@]2(C)CO. The van der Waals surface area contributed by atoms with Gasteiger partial charge in [-0.1, -0.05) is 26.0 Å². The lowest BCUT2D eigenvalue weighted by Crippen LogP contribution is -2.66. The molecule has 0 aromatic carbocycles. The van der Waals surface area contributed by atoms with Crippen LogP contribution in [0.2, 0.25) is 0 Å². The molecule has 6 rings (SSSR count). The van der Waals surface area contributed by atoms with Crippen LogP contribution in [0.1, 0.15) is 53.4 Å². The summed E-state index contributed by atoms with van der Waals surface area (Å²) < 4.78 is 0. The van der Waals surface area contributed by atoms with Crippen LogP contribution in [0.3, 0.4) is 0 Å². The minimum Gasteiger partial charge on any atom is -0.396 e. The van der Waals surface area contributed by atoms with Crippen molar-refractivity contribution in [1.29, 1.82) is 0 Å². The Morgan fingerprint density at radius 1 is 0.833 bits per heavy atom. The number of allylic oxidation sites excluding steroid dienone is 2. The van der Waals surface area contributed by atoms with E-state index in [0.717, 1.165) is 36.8 Å². The van der Waals surface area contributed by atoms with E-state index in [4.69, 9.17) is 0 Å². The van der Waals surface area contributed by atoms with Crippen LogP contribution < -0.4 is 0 Å². The van der Waals surface area contributed by atoms with Gasteiger partial charge >= 0.3 is 0 Å². The summed E-state index contributed by atoms with van der Waals surface area (Å²) in [5, 5.41) is 38.9. The van der Waals surface area contributed by atoms with Gasteiger partial charge in [-0.2, -0.15) is 0 Å². The van der Waals surface area contributed by atoms with Gasteiger partial charge in [-0.3, -0.25) is 0 Å². The first-order valence-corrected chi connectivity index (χ1v) is 9.10. The number of aliphatic hydroxyl groups is 4. The third-order valence-corrected chi connectivity index (χ3v) is 8.15. The molecule has 2 saturated carbocycles. The molecule has 4 heteroatoms. The smallest absolute Gasteiger partial charge is 0.0935 e. The summed E-state index contributed by atoms with van der Waals surface area (Å²) in [4.78, 5) is 0. The van der Waals surface area contributed by atoms with Crippen molar-refractivity contribution in [2.75, 3.05) is 13.2 Å². The highest BCUT2D eigenvalue weighted by molar-refractivity contribution is 5.33. The average molecular weight is 336 g/mol. The Hall–Kier alpha value is -0.680. The highest BCUT2D eigenvalue weighted by atomic mass is 16.3. The van der Waals surface area contributed by atoms with Crippen LogP contribution in [0.15, 0.2) is 23.3 Å². The van der Waals surface area contributed by atoms with Gasteiger partial charge in [0.2, 0.25) is 0 Å². The lowest BCUT2D eigenvalue weighted by molar-refractivity contribution is -0.203. The van der Waals surface area contributed by atoms with Crippen LogP contribution in [0.5, 0.6) is 0 Å². The van der Waals surface area contributed by atoms with E-state index in [0.29, 0.717) is 11.8 Å². The van der Waals surface area contributed by atoms with Crippen LogP contribution in [0.25, 0.3) is 0 Å². The summed E-state index contributed by atoms with van der Waals surface area (Å²) >= 11 is 0. The zero-order valence-corrected chi connectivity index (χ0v) is 15.3. The molecule has 0 aromatic rings. The maximum Gasteiger partial charge on any atom is 0.0935 e. The molecule has 0 saturated heterocycles. The predicted octanol–water partition coefficient (Wildman–Crippen LogP) is 2.17. The second kappa shape index (κ2) is 5.41. The van der Waals surface area contributed by atoms with E-state index in [1.807, 2.05) is 27.7 Å². The highest BCUT2D eigenvalue weighted by Crippen LogP contribution is 2.62. The number of aliphatic hydroxyl groups excluding tert-OH is 2. The van der Waals surface area contributed by atoms with Crippen molar-refractivity contribution >= 4 is 0 Å². The minimum absolute atomic E-state index is 0.0966. The Balaban J connectivity index is 0.000000141. The van der Waals surface area contributed by atoms with Gasteiger partial charge in [0.1, 0.15) is 0 Å². The molecular formula is C20H32O4. The topological polar surface area (TPSA) is 80.9 Å². The molecular weight excluding hydrogens is 304 g/mol. The van der Waals surface area contributed by atoms with Crippen molar-refractivity contribution in [2.45, 2.75) is 64.6 Å². The molecule has 24 heavy (non-hydrogen) atoms. The monoisotopic (exact) mass is 336 g/mol. The molecule has 4 bridgehead atoms. The van der Waals surface area contributed by atoms with E-state index < -0.39 is 11.2 Å². The predicted molar refractivity (Wildman–Crippen MR) is 93.2 cm³/mol. The Morgan fingerprint density at radius 2 is 1.17 bits per heavy atom. The van der Waals surface area contributed by atoms with Gasteiger partial charge in [0.05, 0.1) is 24.4 Å². The normalized spacial score (nSPS) is 51.3. The van der Waals surface area contributed by atoms with Crippen molar-refractivity contribution in [1.82, 2.24) is 0 Å². The minimum atomic E-state index is -0.704. The molecule has 4 N–H and O–H groups in total. The summed E-state index contributed by atoms with van der Waals surface area (Å²) in [6.45, 7) is 8.08. The molecule has 0 amide bonds. The van der Waals surface area contributed by atoms with Crippen LogP contribution in [0, 0.1) is 22.7 Å². The van der Waals surface area contributed by atoms with Gasteiger partial charge in [-0.15, -0.1) is 0 Å². The van der Waals surface area contributed by atoms with Gasteiger partial charge in [-0.25, -0.2) is 0 Å². The second-order valence-electron chi connectivity index (χ2n) is 8.92. The molecule has 0 aliphatic heterocycles. The number of rotatable bonds is 2. The van der Waals surface area contributed by atoms with E-state index >= 15 is 0 Å². The highest BCUT2D eigenvalue weighted by Gasteiger charge is 2.64. The first-order valence-electron chi connectivity index (χ1n) is 9.10. The second-order valence-corrected chi connectivity index (χ2v) is 8.92. The summed E-state index contributed by atoms with van der Waals surface area (Å²) in [5.74, 6) is 0.965. The molecule has 0 radical (unpaired) electrons. The largest absolute Gasteiger partial charge is 0.396 e. The molecule has 6 aliphatic carbocycles. The Kier molecular flexibility index (Phi) is 4.08. The standard InChI is InChI=1S/2C10H16O2/c2*1-7-3-4-8-5-10(7,12)9(8,2)6-11/h2*3,8,11-12H,4-6H2,1-2H3/t2*8-,9-,10+/m00/s1. The summed E-state index contributed by atoms with van der Waals surface area (Å²) in [6, 6.07) is 0. The molecule has 0 heterocycles. The Labute approximate surface area is 144 Å². The summed E-state index contributed by atoms with van der Waals surface area (Å²) in [7, 11) is 0. The van der Waals surface area contributed by atoms with E-state index in [1.165, 1.54) is 0 Å². The van der Waals surface area contributed by atoms with Crippen molar-refractivity contribution in [3.05, 3.63) is 23.3 Å². The lowest BCUT2D eigenvalue weighted by atomic mass is 9.45. The molecule has 0 aromatic heterocycles. The third kappa shape index (κ3) is 1.94. The maximum atomic E-state index is 10.2. The third-order valence-electron chi connectivity index (χ3n) is 8.15. The van der Waals surface area contributed by atoms with Crippen molar-refractivity contribution in [3.63, 3.8) is 0 Å². The van der Waals surface area contributed by atoms with Gasteiger partial charge in [0, 0.05) is 10.8 Å². The fraction of sp³-hybridized carbons (Fsp3) is 0.800. The Bertz CT molecular complexity index is 544. The van der Waals surface area contributed by atoms with Gasteiger partial charge in [0.15, 0.2) is 0 Å². The van der Waals surface area contributed by atoms with Crippen LogP contribution >= 0.6 is 0 Å². The summed E-state index contributed by atoms with van der Waals surface area (Å²) in [6.07, 6.45) is 7.92. The number of hydrogen-bond acceptors (Lipinski definition) is 4. The summed E-state index contributed by atoms with van der Waals surface area (Å²) in [5.41, 5.74) is 0.135. The first-order chi connectivity index (χ1) is 11.1. The molecule has 0 unspecified atom stereocenters. The van der Waals surface area contributed by atoms with Crippen LogP contribution in [-0.2, 0) is 0 Å². The number of fused-ring (bicyclic) bond motifs is 2. The zero-order chi connectivity index (χ0) is 18.0. The van der Waals surface area contributed by atoms with E-state index in [1.54, 1.807) is 0 Å². The van der Waals surface area contributed by atoms with Crippen molar-refractivity contribution < 1.29 is 20.4 Å². The fourth-order valence-corrected chi connectivity index (χ4v) is 5.45. The van der Waals surface area contributed by atoms with Gasteiger partial charge < -0.3 is 20.4 Å². The Morgan fingerprint density at radius 3 is 1.38 bits per heavy atom. The molecule has 2 fully saturated rings. The average Bonchev–Trinajstić information content (AvgIpc) is 2.57. The van der Waals surface area contributed by atoms with Crippen molar-refractivity contribution in [2.24, 2.45) is 22.7 Å². The molecule has 6 aliphatic rings. The van der Waals surface area contributed by atoms with Crippen molar-refractivity contribution in [3.8, 4) is 0 Å². The van der Waals surface area contributed by atoms with E-state index in [-0.39, 0.29) is 24.0 Å². The maximum absolute atomic E-state index is 10.2. The molecule has 0 spiro atoms. The quantitative estimate of drug-likeness (QED) is 0.583. The molecule has 4 nitrogen and oxygen atoms in total. The van der Waals surface area contributed by atoms with E-state index in [2.05, 4.69) is 12.2 Å². The van der Waals surface area contributed by atoms with Gasteiger partial charge in [0.25, 0.3) is 0 Å². The molecule has 6 atom stereocenters. The zero-order valence-electron chi connectivity index (χ0n) is 15.3. The van der Waals surface area contributed by atoms with Gasteiger partial charge in [-0.05, 0) is 62.5 Å². The number of hydrogen-bond donors (Lipinski definition) is 4. The fourth-order valence-electron chi connectivity index (χ4n) is 5.45. The van der Waals surface area contributed by atoms with Crippen LogP contribution in [0.4, 0.5) is 0 Å². The first kappa shape index (κ1) is 18.1.